The van der Waals surface area contributed by atoms with Crippen molar-refractivity contribution in [2.45, 2.75) is 31.8 Å². The van der Waals surface area contributed by atoms with Crippen molar-refractivity contribution >= 4 is 17.6 Å². The van der Waals surface area contributed by atoms with Gasteiger partial charge in [-0.1, -0.05) is 0 Å². The van der Waals surface area contributed by atoms with Crippen LogP contribution in [0.3, 0.4) is 0 Å². The molecule has 1 amide bonds. The topological polar surface area (TPSA) is 86.6 Å². The third-order valence-electron chi connectivity index (χ3n) is 3.11. The van der Waals surface area contributed by atoms with E-state index in [2.05, 4.69) is 5.32 Å². The molecule has 2 rings (SSSR count). The van der Waals surface area contributed by atoms with Crippen LogP contribution in [0, 0.1) is 5.82 Å². The third-order valence-corrected chi connectivity index (χ3v) is 3.11. The molecule has 1 heterocycles. The number of fused-ring (bicyclic) bond motifs is 1. The number of nitrogens with one attached hydrogen (secondary N) is 1. The number of benzene rings is 1. The average Bonchev–Trinajstić information content (AvgIpc) is 2.35. The summed E-state index contributed by atoms with van der Waals surface area (Å²) in [5, 5.41) is 20.9. The first kappa shape index (κ1) is 13.5. The molecule has 1 unspecified atom stereocenters. The summed E-state index contributed by atoms with van der Waals surface area (Å²) in [6.45, 7) is 0. The highest BCUT2D eigenvalue weighted by Crippen LogP contribution is 2.30. The van der Waals surface area contributed by atoms with Crippen LogP contribution in [0.25, 0.3) is 0 Å². The summed E-state index contributed by atoms with van der Waals surface area (Å²) in [5.74, 6) is -1.84. The fraction of sp³-hybridized carbons (Fsp3) is 0.385. The summed E-state index contributed by atoms with van der Waals surface area (Å²) < 4.78 is 13.8. The van der Waals surface area contributed by atoms with Gasteiger partial charge >= 0.3 is 5.97 Å². The summed E-state index contributed by atoms with van der Waals surface area (Å²) >= 11 is 0. The van der Waals surface area contributed by atoms with Crippen LogP contribution >= 0.6 is 0 Å². The molecule has 0 saturated heterocycles. The van der Waals surface area contributed by atoms with Crippen LogP contribution < -0.4 is 5.32 Å². The number of carbonyl (C=O) groups excluding carboxylic acids is 1. The number of aryl methyl sites for hydroxylation is 1. The van der Waals surface area contributed by atoms with Crippen LogP contribution in [0.15, 0.2) is 12.1 Å². The van der Waals surface area contributed by atoms with Crippen LogP contribution in [0.5, 0.6) is 0 Å². The van der Waals surface area contributed by atoms with Gasteiger partial charge in [-0.2, -0.15) is 0 Å². The lowest BCUT2D eigenvalue weighted by molar-refractivity contribution is -0.137. The molecule has 1 aliphatic rings. The number of carboxylic acid groups (broad SMARTS) is 1. The lowest BCUT2D eigenvalue weighted by Crippen LogP contribution is -2.20. The number of amides is 1. The van der Waals surface area contributed by atoms with E-state index >= 15 is 0 Å². The zero-order valence-electron chi connectivity index (χ0n) is 10.1. The second-order valence-corrected chi connectivity index (χ2v) is 4.53. The van der Waals surface area contributed by atoms with E-state index in [1.54, 1.807) is 0 Å². The highest BCUT2D eigenvalue weighted by Gasteiger charge is 2.21. The van der Waals surface area contributed by atoms with E-state index in [0.29, 0.717) is 18.5 Å². The predicted octanol–water partition coefficient (Wildman–Crippen LogP) is 1.61. The van der Waals surface area contributed by atoms with Gasteiger partial charge in [0.2, 0.25) is 5.91 Å². The van der Waals surface area contributed by atoms with Crippen LogP contribution in [-0.4, -0.2) is 22.1 Å². The number of aliphatic hydroxyl groups excluding tert-OH is 1. The summed E-state index contributed by atoms with van der Waals surface area (Å²) in [6.07, 6.45) is -0.617. The van der Waals surface area contributed by atoms with Gasteiger partial charge in [0.25, 0.3) is 0 Å². The molecule has 102 valence electrons. The quantitative estimate of drug-likeness (QED) is 0.773. The fourth-order valence-corrected chi connectivity index (χ4v) is 2.09. The van der Waals surface area contributed by atoms with E-state index in [9.17, 15) is 19.1 Å². The molecule has 5 nitrogen and oxygen atoms in total. The molecule has 3 N–H and O–H groups in total. The first-order valence-electron chi connectivity index (χ1n) is 5.99. The Morgan fingerprint density at radius 1 is 1.42 bits per heavy atom. The van der Waals surface area contributed by atoms with Crippen LogP contribution in [0.1, 0.15) is 36.5 Å². The summed E-state index contributed by atoms with van der Waals surface area (Å²) in [6, 6.07) is 2.67. The predicted molar refractivity (Wildman–Crippen MR) is 65.2 cm³/mol. The number of anilines is 1. The number of aliphatic hydroxyl groups is 1. The molecular weight excluding hydrogens is 253 g/mol. The highest BCUT2D eigenvalue weighted by molar-refractivity contribution is 5.93. The van der Waals surface area contributed by atoms with E-state index in [-0.39, 0.29) is 24.3 Å². The van der Waals surface area contributed by atoms with Gasteiger partial charge < -0.3 is 15.5 Å². The van der Waals surface area contributed by atoms with Gasteiger partial charge in [-0.05, 0) is 30.5 Å². The minimum absolute atomic E-state index is 0.0442. The third kappa shape index (κ3) is 3.08. The standard InChI is InChI=1S/C13H14FNO4/c14-9-6-10-7(1-3-12(17)15-10)5-8(9)11(16)2-4-13(18)19/h5-6,11,16H,1-4H2,(H,15,17)(H,18,19). The molecule has 0 radical (unpaired) electrons. The summed E-state index contributed by atoms with van der Waals surface area (Å²) in [5.41, 5.74) is 1.25. The Morgan fingerprint density at radius 3 is 2.84 bits per heavy atom. The van der Waals surface area contributed by atoms with E-state index in [0.717, 1.165) is 5.56 Å². The molecule has 19 heavy (non-hydrogen) atoms. The second-order valence-electron chi connectivity index (χ2n) is 4.53. The molecule has 0 aliphatic carbocycles. The maximum Gasteiger partial charge on any atom is 0.303 e. The Kier molecular flexibility index (Phi) is 3.80. The molecule has 6 heteroatoms. The Bertz CT molecular complexity index is 530. The van der Waals surface area contributed by atoms with Crippen molar-refractivity contribution in [2.75, 3.05) is 5.32 Å². The highest BCUT2D eigenvalue weighted by atomic mass is 19.1. The summed E-state index contributed by atoms with van der Waals surface area (Å²) in [4.78, 5) is 21.6. The van der Waals surface area contributed by atoms with Gasteiger partial charge in [0.15, 0.2) is 0 Å². The Hall–Kier alpha value is -1.95. The van der Waals surface area contributed by atoms with Crippen molar-refractivity contribution in [2.24, 2.45) is 0 Å². The molecular formula is C13H14FNO4. The van der Waals surface area contributed by atoms with Crippen molar-refractivity contribution in [3.05, 3.63) is 29.1 Å². The van der Waals surface area contributed by atoms with Gasteiger partial charge in [-0.25, -0.2) is 4.39 Å². The molecule has 1 aromatic carbocycles. The van der Waals surface area contributed by atoms with Crippen molar-refractivity contribution in [1.29, 1.82) is 0 Å². The van der Waals surface area contributed by atoms with Crippen LogP contribution in [-0.2, 0) is 16.0 Å². The van der Waals surface area contributed by atoms with Crippen LogP contribution in [0.2, 0.25) is 0 Å². The van der Waals surface area contributed by atoms with Crippen molar-refractivity contribution < 1.29 is 24.2 Å². The maximum atomic E-state index is 13.8. The molecule has 0 saturated carbocycles. The van der Waals surface area contributed by atoms with Gasteiger partial charge in [-0.3, -0.25) is 9.59 Å². The Morgan fingerprint density at radius 2 is 2.16 bits per heavy atom. The normalized spacial score (nSPS) is 15.6. The average molecular weight is 267 g/mol. The number of hydrogen-bond donors (Lipinski definition) is 3. The second kappa shape index (κ2) is 5.36. The molecule has 1 aliphatic heterocycles. The number of hydrogen-bond acceptors (Lipinski definition) is 3. The van der Waals surface area contributed by atoms with Crippen molar-refractivity contribution in [3.63, 3.8) is 0 Å². The molecule has 1 aromatic rings. The molecule has 0 bridgehead atoms. The molecule has 0 fully saturated rings. The van der Waals surface area contributed by atoms with Crippen LogP contribution in [0.4, 0.5) is 10.1 Å². The fourth-order valence-electron chi connectivity index (χ4n) is 2.09. The van der Waals surface area contributed by atoms with E-state index in [1.807, 2.05) is 0 Å². The first-order chi connectivity index (χ1) is 8.97. The number of rotatable bonds is 4. The minimum atomic E-state index is -1.15. The largest absolute Gasteiger partial charge is 0.481 e. The number of carbonyl (C=O) groups is 2. The maximum absolute atomic E-state index is 13.8. The van der Waals surface area contributed by atoms with E-state index in [4.69, 9.17) is 5.11 Å². The van der Waals surface area contributed by atoms with E-state index in [1.165, 1.54) is 12.1 Å². The number of carboxylic acids is 1. The lowest BCUT2D eigenvalue weighted by Gasteiger charge is -2.20. The van der Waals surface area contributed by atoms with E-state index < -0.39 is 17.9 Å². The monoisotopic (exact) mass is 267 g/mol. The Labute approximate surface area is 109 Å². The van der Waals surface area contributed by atoms with Gasteiger partial charge in [0.05, 0.1) is 6.10 Å². The van der Waals surface area contributed by atoms with Crippen molar-refractivity contribution in [3.8, 4) is 0 Å². The summed E-state index contributed by atoms with van der Waals surface area (Å²) in [7, 11) is 0. The lowest BCUT2D eigenvalue weighted by atomic mass is 9.96. The smallest absolute Gasteiger partial charge is 0.303 e. The first-order valence-corrected chi connectivity index (χ1v) is 5.99. The minimum Gasteiger partial charge on any atom is -0.481 e. The Balaban J connectivity index is 2.22. The zero-order chi connectivity index (χ0) is 14.0. The zero-order valence-corrected chi connectivity index (χ0v) is 10.1. The SMILES string of the molecule is O=C(O)CCC(O)c1cc2c(cc1F)NC(=O)CC2. The number of halogens is 1. The molecule has 0 aromatic heterocycles. The van der Waals surface area contributed by atoms with Gasteiger partial charge in [0, 0.05) is 24.1 Å². The van der Waals surface area contributed by atoms with Gasteiger partial charge in [0.1, 0.15) is 5.82 Å². The molecule has 0 spiro atoms. The van der Waals surface area contributed by atoms with Gasteiger partial charge in [-0.15, -0.1) is 0 Å². The number of aliphatic carboxylic acids is 1. The van der Waals surface area contributed by atoms with Crippen molar-refractivity contribution in [1.82, 2.24) is 0 Å². The molecule has 1 atom stereocenters.